The van der Waals surface area contributed by atoms with E-state index in [1.54, 1.807) is 6.08 Å². The standard InChI is InChI=1S/C8H5BrOS/c1-4-2-6(10)8-7(4)5(9)3-11-8/h2-3H,1H3. The number of carbonyl (C=O) groups excluding carboxylic acids is 1. The number of hydrogen-bond donors (Lipinski definition) is 0. The first-order chi connectivity index (χ1) is 5.20. The summed E-state index contributed by atoms with van der Waals surface area (Å²) < 4.78 is 1.04. The van der Waals surface area contributed by atoms with Gasteiger partial charge in [0.05, 0.1) is 4.88 Å². The van der Waals surface area contributed by atoms with Gasteiger partial charge in [0.15, 0.2) is 5.78 Å². The fourth-order valence-corrected chi connectivity index (χ4v) is 3.05. The molecule has 0 bridgehead atoms. The molecule has 0 spiro atoms. The predicted molar refractivity (Wildman–Crippen MR) is 50.0 cm³/mol. The van der Waals surface area contributed by atoms with Crippen LogP contribution in [-0.2, 0) is 0 Å². The van der Waals surface area contributed by atoms with Crippen LogP contribution in [0, 0.1) is 0 Å². The van der Waals surface area contributed by atoms with Crippen molar-refractivity contribution in [2.24, 2.45) is 0 Å². The summed E-state index contributed by atoms with van der Waals surface area (Å²) in [5.41, 5.74) is 2.15. The summed E-state index contributed by atoms with van der Waals surface area (Å²) in [5, 5.41) is 1.96. The van der Waals surface area contributed by atoms with Crippen molar-refractivity contribution in [2.45, 2.75) is 6.92 Å². The van der Waals surface area contributed by atoms with E-state index in [9.17, 15) is 4.79 Å². The van der Waals surface area contributed by atoms with E-state index in [0.717, 1.165) is 20.5 Å². The molecule has 0 aromatic carbocycles. The van der Waals surface area contributed by atoms with Crippen molar-refractivity contribution in [2.75, 3.05) is 0 Å². The van der Waals surface area contributed by atoms with Gasteiger partial charge in [0.1, 0.15) is 0 Å². The number of fused-ring (bicyclic) bond motifs is 1. The zero-order valence-corrected chi connectivity index (χ0v) is 8.25. The van der Waals surface area contributed by atoms with Crippen LogP contribution in [0.1, 0.15) is 22.2 Å². The van der Waals surface area contributed by atoms with E-state index in [2.05, 4.69) is 15.9 Å². The van der Waals surface area contributed by atoms with Crippen molar-refractivity contribution >= 4 is 38.6 Å². The molecule has 3 heteroatoms. The Bertz CT molecular complexity index is 362. The molecule has 0 N–H and O–H groups in total. The van der Waals surface area contributed by atoms with Crippen molar-refractivity contribution in [3.63, 3.8) is 0 Å². The van der Waals surface area contributed by atoms with Crippen LogP contribution >= 0.6 is 27.3 Å². The van der Waals surface area contributed by atoms with Gasteiger partial charge in [-0.3, -0.25) is 4.79 Å². The van der Waals surface area contributed by atoms with Gasteiger partial charge in [-0.2, -0.15) is 0 Å². The molecule has 1 aromatic rings. The van der Waals surface area contributed by atoms with Crippen molar-refractivity contribution in [1.82, 2.24) is 0 Å². The second-order valence-corrected chi connectivity index (χ2v) is 4.21. The number of hydrogen-bond acceptors (Lipinski definition) is 2. The summed E-state index contributed by atoms with van der Waals surface area (Å²) in [6, 6.07) is 0. The second kappa shape index (κ2) is 2.29. The minimum atomic E-state index is 0.146. The van der Waals surface area contributed by atoms with E-state index in [-0.39, 0.29) is 5.78 Å². The minimum Gasteiger partial charge on any atom is -0.288 e. The number of halogens is 1. The van der Waals surface area contributed by atoms with Gasteiger partial charge >= 0.3 is 0 Å². The summed E-state index contributed by atoms with van der Waals surface area (Å²) in [6.45, 7) is 1.96. The van der Waals surface area contributed by atoms with Crippen LogP contribution in [0.25, 0.3) is 5.57 Å². The van der Waals surface area contributed by atoms with Crippen LogP contribution in [-0.4, -0.2) is 5.78 Å². The molecule has 0 radical (unpaired) electrons. The highest BCUT2D eigenvalue weighted by Crippen LogP contribution is 2.37. The van der Waals surface area contributed by atoms with Gasteiger partial charge in [-0.05, 0) is 34.5 Å². The van der Waals surface area contributed by atoms with Crippen LogP contribution in [0.15, 0.2) is 15.9 Å². The fraction of sp³-hybridized carbons (Fsp3) is 0.125. The lowest BCUT2D eigenvalue weighted by Crippen LogP contribution is -1.83. The van der Waals surface area contributed by atoms with Crippen LogP contribution in [0.2, 0.25) is 0 Å². The first-order valence-electron chi connectivity index (χ1n) is 3.20. The quantitative estimate of drug-likeness (QED) is 0.668. The van der Waals surface area contributed by atoms with Crippen molar-refractivity contribution < 1.29 is 4.79 Å². The molecule has 0 atom stereocenters. The van der Waals surface area contributed by atoms with Crippen LogP contribution in [0.5, 0.6) is 0 Å². The second-order valence-electron chi connectivity index (χ2n) is 2.48. The summed E-state index contributed by atoms with van der Waals surface area (Å²) in [7, 11) is 0. The van der Waals surface area contributed by atoms with E-state index >= 15 is 0 Å². The highest BCUT2D eigenvalue weighted by atomic mass is 79.9. The number of ketones is 1. The predicted octanol–water partition coefficient (Wildman–Crippen LogP) is 3.11. The maximum atomic E-state index is 11.2. The largest absolute Gasteiger partial charge is 0.288 e. The lowest BCUT2D eigenvalue weighted by molar-refractivity contribution is 0.105. The molecule has 0 saturated heterocycles. The summed E-state index contributed by atoms with van der Waals surface area (Å²) in [4.78, 5) is 12.1. The average molecular weight is 229 g/mol. The van der Waals surface area contributed by atoms with E-state index in [4.69, 9.17) is 0 Å². The van der Waals surface area contributed by atoms with E-state index in [0.29, 0.717) is 0 Å². The SMILES string of the molecule is CC1=CC(=O)c2scc(Br)c21. The molecule has 0 amide bonds. The normalized spacial score (nSPS) is 15.1. The van der Waals surface area contributed by atoms with Gasteiger partial charge < -0.3 is 0 Å². The molecule has 0 unspecified atom stereocenters. The molecule has 11 heavy (non-hydrogen) atoms. The highest BCUT2D eigenvalue weighted by molar-refractivity contribution is 9.10. The van der Waals surface area contributed by atoms with Gasteiger partial charge in [0.25, 0.3) is 0 Å². The molecule has 56 valence electrons. The Morgan fingerprint density at radius 1 is 1.55 bits per heavy atom. The zero-order valence-electron chi connectivity index (χ0n) is 5.85. The third-order valence-corrected chi connectivity index (χ3v) is 3.63. The molecule has 1 nitrogen and oxygen atoms in total. The van der Waals surface area contributed by atoms with Crippen LogP contribution in [0.3, 0.4) is 0 Å². The molecular weight excluding hydrogens is 224 g/mol. The summed E-state index contributed by atoms with van der Waals surface area (Å²) >= 11 is 4.90. The Labute approximate surface area is 76.9 Å². The van der Waals surface area contributed by atoms with Crippen molar-refractivity contribution in [3.8, 4) is 0 Å². The first kappa shape index (κ1) is 7.25. The Kier molecular flexibility index (Phi) is 1.51. The number of thiophene rings is 1. The van der Waals surface area contributed by atoms with Crippen LogP contribution < -0.4 is 0 Å². The van der Waals surface area contributed by atoms with Crippen molar-refractivity contribution in [1.29, 1.82) is 0 Å². The van der Waals surface area contributed by atoms with Gasteiger partial charge in [-0.1, -0.05) is 0 Å². The summed E-state index contributed by atoms with van der Waals surface area (Å²) in [6.07, 6.45) is 1.69. The van der Waals surface area contributed by atoms with Gasteiger partial charge in [0.2, 0.25) is 0 Å². The Balaban J connectivity index is 2.75. The van der Waals surface area contributed by atoms with Gasteiger partial charge in [-0.15, -0.1) is 11.3 Å². The highest BCUT2D eigenvalue weighted by Gasteiger charge is 2.22. The lowest BCUT2D eigenvalue weighted by atomic mass is 10.2. The molecule has 1 heterocycles. The fourth-order valence-electron chi connectivity index (χ4n) is 1.22. The van der Waals surface area contributed by atoms with E-state index in [1.165, 1.54) is 11.3 Å². The molecule has 0 saturated carbocycles. The number of rotatable bonds is 0. The molecule has 0 fully saturated rings. The Morgan fingerprint density at radius 3 is 2.91 bits per heavy atom. The maximum Gasteiger partial charge on any atom is 0.196 e. The molecular formula is C8H5BrOS. The maximum absolute atomic E-state index is 11.2. The molecule has 1 aromatic heterocycles. The number of carbonyl (C=O) groups is 1. The van der Waals surface area contributed by atoms with Gasteiger partial charge in [-0.25, -0.2) is 0 Å². The van der Waals surface area contributed by atoms with Crippen LogP contribution in [0.4, 0.5) is 0 Å². The zero-order chi connectivity index (χ0) is 8.01. The van der Waals surface area contributed by atoms with E-state index < -0.39 is 0 Å². The molecule has 2 rings (SSSR count). The Hall–Kier alpha value is -0.410. The van der Waals surface area contributed by atoms with Gasteiger partial charge in [0, 0.05) is 15.4 Å². The molecule has 1 aliphatic rings. The third kappa shape index (κ3) is 0.914. The molecule has 1 aliphatic carbocycles. The number of allylic oxidation sites excluding steroid dienone is 2. The lowest BCUT2D eigenvalue weighted by Gasteiger charge is -1.91. The Morgan fingerprint density at radius 2 is 2.27 bits per heavy atom. The van der Waals surface area contributed by atoms with E-state index in [1.807, 2.05) is 12.3 Å². The van der Waals surface area contributed by atoms with Crippen molar-refractivity contribution in [3.05, 3.63) is 26.4 Å². The minimum absolute atomic E-state index is 0.146. The smallest absolute Gasteiger partial charge is 0.196 e. The monoisotopic (exact) mass is 228 g/mol. The topological polar surface area (TPSA) is 17.1 Å². The molecule has 0 aliphatic heterocycles. The average Bonchev–Trinajstić information content (AvgIpc) is 2.41. The first-order valence-corrected chi connectivity index (χ1v) is 4.87. The summed E-state index contributed by atoms with van der Waals surface area (Å²) in [5.74, 6) is 0.146. The third-order valence-electron chi connectivity index (χ3n) is 1.71.